The summed E-state index contributed by atoms with van der Waals surface area (Å²) in [7, 11) is 0. The van der Waals surface area contributed by atoms with Gasteiger partial charge >= 0.3 is 0 Å². The molecule has 1 aromatic carbocycles. The van der Waals surface area contributed by atoms with Crippen molar-refractivity contribution in [1.82, 2.24) is 14.8 Å². The minimum Gasteiger partial charge on any atom is -0.324 e. The maximum Gasteiger partial charge on any atom is 0.145 e. The average Bonchev–Trinajstić information content (AvgIpc) is 2.77. The van der Waals surface area contributed by atoms with Gasteiger partial charge in [0.05, 0.1) is 17.6 Å². The van der Waals surface area contributed by atoms with Gasteiger partial charge in [0.15, 0.2) is 0 Å². The molecule has 0 amide bonds. The van der Waals surface area contributed by atoms with Gasteiger partial charge in [-0.05, 0) is 28.1 Å². The van der Waals surface area contributed by atoms with Gasteiger partial charge in [-0.1, -0.05) is 0 Å². The number of halogens is 3. The van der Waals surface area contributed by atoms with E-state index >= 15 is 0 Å². The van der Waals surface area contributed by atoms with E-state index in [1.54, 1.807) is 0 Å². The van der Waals surface area contributed by atoms with Crippen LogP contribution in [0.4, 0.5) is 8.78 Å². The molecule has 0 aliphatic rings. The van der Waals surface area contributed by atoms with Crippen LogP contribution in [-0.4, -0.2) is 14.8 Å². The van der Waals surface area contributed by atoms with E-state index in [0.717, 1.165) is 0 Å². The lowest BCUT2D eigenvalue weighted by Gasteiger charge is -2.08. The van der Waals surface area contributed by atoms with Crippen molar-refractivity contribution in [3.63, 3.8) is 0 Å². The van der Waals surface area contributed by atoms with Crippen LogP contribution in [0.25, 0.3) is 0 Å². The van der Waals surface area contributed by atoms with Gasteiger partial charge in [0.1, 0.15) is 23.8 Å². The summed E-state index contributed by atoms with van der Waals surface area (Å²) in [6, 6.07) is 2.51. The Balaban J connectivity index is 2.39. The summed E-state index contributed by atoms with van der Waals surface area (Å²) in [5.74, 6) is -0.781. The van der Waals surface area contributed by atoms with Crippen molar-refractivity contribution in [3.05, 3.63) is 46.0 Å². The Morgan fingerprint density at radius 3 is 2.82 bits per heavy atom. The Kier molecular flexibility index (Phi) is 3.49. The lowest BCUT2D eigenvalue weighted by molar-refractivity contribution is 0.522. The molecule has 90 valence electrons. The normalized spacial score (nSPS) is 10.8. The summed E-state index contributed by atoms with van der Waals surface area (Å²) in [5.41, 5.74) is 5.36. The van der Waals surface area contributed by atoms with Gasteiger partial charge in [-0.25, -0.2) is 18.4 Å². The summed E-state index contributed by atoms with van der Waals surface area (Å²) in [5, 5.41) is 3.87. The summed E-state index contributed by atoms with van der Waals surface area (Å²) in [4.78, 5) is 3.88. The fraction of sp³-hybridized carbons (Fsp3) is 0.200. The molecule has 0 aliphatic heterocycles. The van der Waals surface area contributed by atoms with Gasteiger partial charge in [-0.15, -0.1) is 0 Å². The number of rotatable bonds is 3. The molecule has 2 rings (SSSR count). The summed E-state index contributed by atoms with van der Waals surface area (Å²) in [6.45, 7) is 0.126. The van der Waals surface area contributed by atoms with E-state index in [1.165, 1.54) is 23.1 Å². The third kappa shape index (κ3) is 2.34. The van der Waals surface area contributed by atoms with E-state index in [1.807, 2.05) is 0 Å². The standard InChI is InChI=1S/C10H9BrF2N4/c11-7-1-2-8(12)6(10(7)13)4-17-9(3-14)15-5-16-17/h1-2,5H,3-4,14H2. The van der Waals surface area contributed by atoms with E-state index in [2.05, 4.69) is 26.0 Å². The smallest absolute Gasteiger partial charge is 0.145 e. The summed E-state index contributed by atoms with van der Waals surface area (Å²) >= 11 is 3.01. The number of hydrogen-bond donors (Lipinski definition) is 1. The molecule has 17 heavy (non-hydrogen) atoms. The van der Waals surface area contributed by atoms with Crippen LogP contribution in [0.2, 0.25) is 0 Å². The maximum absolute atomic E-state index is 13.7. The quantitative estimate of drug-likeness (QED) is 0.880. The van der Waals surface area contributed by atoms with Crippen LogP contribution in [0, 0.1) is 11.6 Å². The van der Waals surface area contributed by atoms with Gasteiger partial charge in [0, 0.05) is 5.56 Å². The van der Waals surface area contributed by atoms with Crippen molar-refractivity contribution in [2.45, 2.75) is 13.1 Å². The number of hydrogen-bond acceptors (Lipinski definition) is 3. The highest BCUT2D eigenvalue weighted by Gasteiger charge is 2.14. The van der Waals surface area contributed by atoms with E-state index < -0.39 is 11.6 Å². The van der Waals surface area contributed by atoms with Crippen molar-refractivity contribution < 1.29 is 8.78 Å². The van der Waals surface area contributed by atoms with E-state index in [-0.39, 0.29) is 23.1 Å². The van der Waals surface area contributed by atoms with Crippen LogP contribution < -0.4 is 5.73 Å². The predicted molar refractivity (Wildman–Crippen MR) is 61.1 cm³/mol. The highest BCUT2D eigenvalue weighted by atomic mass is 79.9. The monoisotopic (exact) mass is 302 g/mol. The van der Waals surface area contributed by atoms with Crippen LogP contribution >= 0.6 is 15.9 Å². The fourth-order valence-corrected chi connectivity index (χ4v) is 1.81. The molecule has 0 saturated heterocycles. The fourth-order valence-electron chi connectivity index (χ4n) is 1.44. The first-order valence-corrected chi connectivity index (χ1v) is 5.62. The first-order chi connectivity index (χ1) is 8.13. The minimum atomic E-state index is -0.636. The molecule has 0 spiro atoms. The second kappa shape index (κ2) is 4.89. The van der Waals surface area contributed by atoms with Crippen LogP contribution in [0.3, 0.4) is 0 Å². The molecule has 0 unspecified atom stereocenters. The van der Waals surface area contributed by atoms with Crippen molar-refractivity contribution >= 4 is 15.9 Å². The van der Waals surface area contributed by atoms with E-state index in [0.29, 0.717) is 5.82 Å². The maximum atomic E-state index is 13.7. The molecule has 4 nitrogen and oxygen atoms in total. The summed E-state index contributed by atoms with van der Waals surface area (Å²) in [6.07, 6.45) is 1.30. The van der Waals surface area contributed by atoms with Crippen LogP contribution in [0.1, 0.15) is 11.4 Å². The lowest BCUT2D eigenvalue weighted by Crippen LogP contribution is -2.13. The molecular formula is C10H9BrF2N4. The Labute approximate surface area is 105 Å². The van der Waals surface area contributed by atoms with Crippen molar-refractivity contribution in [2.24, 2.45) is 5.73 Å². The van der Waals surface area contributed by atoms with Crippen LogP contribution in [0.15, 0.2) is 22.9 Å². The van der Waals surface area contributed by atoms with Crippen molar-refractivity contribution in [1.29, 1.82) is 0 Å². The Hall–Kier alpha value is -1.34. The largest absolute Gasteiger partial charge is 0.324 e. The zero-order valence-corrected chi connectivity index (χ0v) is 10.3. The van der Waals surface area contributed by atoms with Gasteiger partial charge in [-0.2, -0.15) is 5.10 Å². The van der Waals surface area contributed by atoms with Gasteiger partial charge in [0.25, 0.3) is 0 Å². The zero-order valence-electron chi connectivity index (χ0n) is 8.70. The molecule has 7 heteroatoms. The Morgan fingerprint density at radius 1 is 1.35 bits per heavy atom. The van der Waals surface area contributed by atoms with Gasteiger partial charge in [-0.3, -0.25) is 0 Å². The van der Waals surface area contributed by atoms with Crippen molar-refractivity contribution in [2.75, 3.05) is 0 Å². The highest BCUT2D eigenvalue weighted by molar-refractivity contribution is 9.10. The molecule has 2 N–H and O–H groups in total. The first kappa shape index (κ1) is 12.1. The molecule has 0 fully saturated rings. The molecule has 0 saturated carbocycles. The number of nitrogens with zero attached hydrogens (tertiary/aromatic N) is 3. The second-order valence-corrected chi connectivity index (χ2v) is 4.21. The van der Waals surface area contributed by atoms with Gasteiger partial charge < -0.3 is 5.73 Å². The molecule has 0 atom stereocenters. The average molecular weight is 303 g/mol. The third-order valence-electron chi connectivity index (χ3n) is 2.33. The van der Waals surface area contributed by atoms with Crippen molar-refractivity contribution in [3.8, 4) is 0 Å². The van der Waals surface area contributed by atoms with Crippen LogP contribution in [-0.2, 0) is 13.1 Å². The summed E-state index contributed by atoms with van der Waals surface area (Å²) < 4.78 is 28.8. The molecule has 1 aromatic heterocycles. The number of benzene rings is 1. The first-order valence-electron chi connectivity index (χ1n) is 4.82. The zero-order chi connectivity index (χ0) is 12.4. The molecule has 0 aliphatic carbocycles. The molecule has 1 heterocycles. The Bertz CT molecular complexity index is 541. The minimum absolute atomic E-state index is 0.0381. The van der Waals surface area contributed by atoms with E-state index in [9.17, 15) is 8.78 Å². The van der Waals surface area contributed by atoms with E-state index in [4.69, 9.17) is 5.73 Å². The lowest BCUT2D eigenvalue weighted by atomic mass is 10.2. The Morgan fingerprint density at radius 2 is 2.12 bits per heavy atom. The molecular weight excluding hydrogens is 294 g/mol. The van der Waals surface area contributed by atoms with Gasteiger partial charge in [0.2, 0.25) is 0 Å². The second-order valence-electron chi connectivity index (χ2n) is 3.36. The third-order valence-corrected chi connectivity index (χ3v) is 2.94. The topological polar surface area (TPSA) is 56.7 Å². The SMILES string of the molecule is NCc1ncnn1Cc1c(F)ccc(Br)c1F. The predicted octanol–water partition coefficient (Wildman–Crippen LogP) is 1.83. The van der Waals surface area contributed by atoms with Crippen LogP contribution in [0.5, 0.6) is 0 Å². The number of aromatic nitrogens is 3. The number of nitrogens with two attached hydrogens (primary N) is 1. The highest BCUT2D eigenvalue weighted by Crippen LogP contribution is 2.22. The molecule has 0 radical (unpaired) electrons. The molecule has 2 aromatic rings. The molecule has 0 bridgehead atoms.